The van der Waals surface area contributed by atoms with Crippen molar-refractivity contribution in [2.75, 3.05) is 50.8 Å². The van der Waals surface area contributed by atoms with Crippen LogP contribution in [0.1, 0.15) is 24.0 Å². The first-order chi connectivity index (χ1) is 17.1. The van der Waals surface area contributed by atoms with Crippen molar-refractivity contribution in [3.63, 3.8) is 0 Å². The topological polar surface area (TPSA) is 45.2 Å². The zero-order chi connectivity index (χ0) is 27.2. The van der Waals surface area contributed by atoms with Gasteiger partial charge >= 0.3 is 24.6 Å². The SMILES string of the molecule is O=C(OC(C(F)(F)F)C(F)(F)F)N1CCN(Cc2ccc(N3CCOCC3)cc2C(F)(F)F)CC12CC2. The van der Waals surface area contributed by atoms with Crippen LogP contribution in [0.2, 0.25) is 0 Å². The fraction of sp³-hybridized carbons (Fsp3) is 0.682. The van der Waals surface area contributed by atoms with Crippen molar-refractivity contribution in [2.45, 2.75) is 49.6 Å². The number of morpholine rings is 1. The summed E-state index contributed by atoms with van der Waals surface area (Å²) in [5.41, 5.74) is -1.54. The lowest BCUT2D eigenvalue weighted by molar-refractivity contribution is -0.309. The molecule has 1 spiro atoms. The van der Waals surface area contributed by atoms with Crippen LogP contribution in [-0.4, -0.2) is 85.8 Å². The van der Waals surface area contributed by atoms with Gasteiger partial charge in [0.05, 0.1) is 24.3 Å². The van der Waals surface area contributed by atoms with E-state index in [0.717, 1.165) is 11.0 Å². The van der Waals surface area contributed by atoms with E-state index in [2.05, 4.69) is 4.74 Å². The molecule has 4 rings (SSSR count). The number of nitrogens with zero attached hydrogens (tertiary/aromatic N) is 3. The molecule has 3 aliphatic rings. The Morgan fingerprint density at radius 3 is 2.11 bits per heavy atom. The number of anilines is 1. The highest BCUT2D eigenvalue weighted by Gasteiger charge is 2.62. The lowest BCUT2D eigenvalue weighted by Crippen LogP contribution is -2.58. The molecule has 0 aromatic heterocycles. The second-order valence-electron chi connectivity index (χ2n) is 9.37. The molecule has 6 nitrogen and oxygen atoms in total. The first-order valence-electron chi connectivity index (χ1n) is 11.5. The van der Waals surface area contributed by atoms with Gasteiger partial charge in [0.1, 0.15) is 0 Å². The minimum atomic E-state index is -5.84. The predicted octanol–water partition coefficient (Wildman–Crippen LogP) is 4.82. The van der Waals surface area contributed by atoms with Crippen molar-refractivity contribution in [1.82, 2.24) is 9.80 Å². The Labute approximate surface area is 205 Å². The largest absolute Gasteiger partial charge is 0.434 e. The Balaban J connectivity index is 1.46. The van der Waals surface area contributed by atoms with E-state index in [1.807, 2.05) is 0 Å². The molecule has 15 heteroatoms. The highest BCUT2D eigenvalue weighted by molar-refractivity contribution is 5.70. The maximum Gasteiger partial charge on any atom is 0.434 e. The molecule has 37 heavy (non-hydrogen) atoms. The summed E-state index contributed by atoms with van der Waals surface area (Å²) in [6.45, 7) is 1.18. The van der Waals surface area contributed by atoms with E-state index in [4.69, 9.17) is 4.74 Å². The quantitative estimate of drug-likeness (QED) is 0.504. The molecule has 0 atom stereocenters. The van der Waals surface area contributed by atoms with Crippen molar-refractivity contribution < 1.29 is 53.8 Å². The maximum atomic E-state index is 13.9. The molecule has 1 amide bonds. The number of alkyl halides is 9. The molecule has 1 aromatic rings. The Morgan fingerprint density at radius 1 is 0.946 bits per heavy atom. The van der Waals surface area contributed by atoms with Gasteiger partial charge in [-0.15, -0.1) is 0 Å². The Kier molecular flexibility index (Phi) is 7.25. The van der Waals surface area contributed by atoms with Gasteiger partial charge in [-0.1, -0.05) is 6.07 Å². The monoisotopic (exact) mass is 549 g/mol. The predicted molar refractivity (Wildman–Crippen MR) is 111 cm³/mol. The van der Waals surface area contributed by atoms with E-state index in [0.29, 0.717) is 32.0 Å². The van der Waals surface area contributed by atoms with E-state index in [1.54, 1.807) is 15.9 Å². The summed E-state index contributed by atoms with van der Waals surface area (Å²) in [6.07, 6.45) is -21.8. The fourth-order valence-electron chi connectivity index (χ4n) is 4.76. The van der Waals surface area contributed by atoms with E-state index >= 15 is 0 Å². The summed E-state index contributed by atoms with van der Waals surface area (Å²) in [4.78, 5) is 16.5. The Bertz CT molecular complexity index is 972. The highest BCUT2D eigenvalue weighted by atomic mass is 19.4. The second kappa shape index (κ2) is 9.71. The van der Waals surface area contributed by atoms with Crippen LogP contribution in [-0.2, 0) is 22.2 Å². The molecular weight excluding hydrogens is 525 g/mol. The summed E-state index contributed by atoms with van der Waals surface area (Å²) in [6, 6.07) is 4.01. The first-order valence-corrected chi connectivity index (χ1v) is 11.5. The van der Waals surface area contributed by atoms with Crippen molar-refractivity contribution in [1.29, 1.82) is 0 Å². The van der Waals surface area contributed by atoms with Gasteiger partial charge in [-0.3, -0.25) is 9.80 Å². The molecule has 2 aliphatic heterocycles. The minimum absolute atomic E-state index is 0.00663. The number of hydrogen-bond acceptors (Lipinski definition) is 5. The molecule has 0 bridgehead atoms. The lowest BCUT2D eigenvalue weighted by Gasteiger charge is -2.42. The van der Waals surface area contributed by atoms with E-state index in [-0.39, 0.29) is 44.6 Å². The lowest BCUT2D eigenvalue weighted by atomic mass is 10.0. The summed E-state index contributed by atoms with van der Waals surface area (Å²) >= 11 is 0. The number of halogens is 9. The number of rotatable bonds is 4. The van der Waals surface area contributed by atoms with Crippen LogP contribution in [0.3, 0.4) is 0 Å². The molecular formula is C22H24F9N3O3. The number of hydrogen-bond donors (Lipinski definition) is 0. The van der Waals surface area contributed by atoms with Crippen LogP contribution in [0.25, 0.3) is 0 Å². The van der Waals surface area contributed by atoms with Gasteiger partial charge in [0, 0.05) is 45.0 Å². The van der Waals surface area contributed by atoms with E-state index in [9.17, 15) is 44.3 Å². The molecule has 0 N–H and O–H groups in total. The van der Waals surface area contributed by atoms with Crippen molar-refractivity contribution in [2.24, 2.45) is 0 Å². The van der Waals surface area contributed by atoms with Crippen LogP contribution < -0.4 is 4.90 Å². The molecule has 1 aliphatic carbocycles. The molecule has 208 valence electrons. The second-order valence-corrected chi connectivity index (χ2v) is 9.37. The average Bonchev–Trinajstić information content (AvgIpc) is 3.55. The zero-order valence-electron chi connectivity index (χ0n) is 19.3. The van der Waals surface area contributed by atoms with Crippen LogP contribution in [0.4, 0.5) is 50.0 Å². The standard InChI is InChI=1S/C22H24F9N3O3/c23-20(24,25)16-11-15(33-7-9-36-10-8-33)2-1-14(16)12-32-5-6-34(19(13-32)3-4-19)18(35)37-17(21(26,27)28)22(29,30)31/h1-2,11,17H,3-10,12-13H2. The van der Waals surface area contributed by atoms with Crippen LogP contribution in [0, 0.1) is 0 Å². The number of carbonyl (C=O) groups is 1. The molecule has 2 saturated heterocycles. The highest BCUT2D eigenvalue weighted by Crippen LogP contribution is 2.46. The summed E-state index contributed by atoms with van der Waals surface area (Å²) < 4.78 is 128. The third-order valence-corrected chi connectivity index (χ3v) is 6.76. The summed E-state index contributed by atoms with van der Waals surface area (Å²) in [5.74, 6) is 0. The molecule has 3 fully saturated rings. The average molecular weight is 549 g/mol. The Morgan fingerprint density at radius 2 is 1.57 bits per heavy atom. The van der Waals surface area contributed by atoms with Gasteiger partial charge in [-0.25, -0.2) is 4.79 Å². The van der Waals surface area contributed by atoms with Gasteiger partial charge in [-0.2, -0.15) is 39.5 Å². The van der Waals surface area contributed by atoms with Gasteiger partial charge in [0.25, 0.3) is 6.10 Å². The third kappa shape index (κ3) is 6.19. The van der Waals surface area contributed by atoms with Gasteiger partial charge in [0.15, 0.2) is 0 Å². The zero-order valence-corrected chi connectivity index (χ0v) is 19.3. The molecule has 0 radical (unpaired) electrons. The maximum absolute atomic E-state index is 13.9. The van der Waals surface area contributed by atoms with Gasteiger partial charge in [-0.05, 0) is 30.5 Å². The fourth-order valence-corrected chi connectivity index (χ4v) is 4.76. The summed E-state index contributed by atoms with van der Waals surface area (Å²) in [5, 5.41) is 0. The van der Waals surface area contributed by atoms with Crippen molar-refractivity contribution in [3.05, 3.63) is 29.3 Å². The third-order valence-electron chi connectivity index (χ3n) is 6.76. The van der Waals surface area contributed by atoms with Crippen LogP contribution >= 0.6 is 0 Å². The van der Waals surface area contributed by atoms with Gasteiger partial charge in [0.2, 0.25) is 0 Å². The summed E-state index contributed by atoms with van der Waals surface area (Å²) in [7, 11) is 0. The normalized spacial score (nSPS) is 21.0. The van der Waals surface area contributed by atoms with Crippen LogP contribution in [0.15, 0.2) is 18.2 Å². The first kappa shape index (κ1) is 27.6. The minimum Gasteiger partial charge on any atom is -0.426 e. The number of piperazine rings is 1. The number of ether oxygens (including phenoxy) is 2. The molecule has 1 saturated carbocycles. The van der Waals surface area contributed by atoms with E-state index in [1.165, 1.54) is 6.07 Å². The number of amides is 1. The smallest absolute Gasteiger partial charge is 0.426 e. The molecule has 0 unspecified atom stereocenters. The molecule has 1 aromatic carbocycles. The van der Waals surface area contributed by atoms with Crippen LogP contribution in [0.5, 0.6) is 0 Å². The number of benzene rings is 1. The Hall–Kier alpha value is -2.42. The number of carbonyl (C=O) groups excluding carboxylic acids is 1. The van der Waals surface area contributed by atoms with Gasteiger partial charge < -0.3 is 14.4 Å². The molecule has 2 heterocycles. The van der Waals surface area contributed by atoms with Crippen molar-refractivity contribution in [3.8, 4) is 0 Å². The van der Waals surface area contributed by atoms with Crippen molar-refractivity contribution >= 4 is 11.8 Å². The van der Waals surface area contributed by atoms with E-state index < -0.39 is 41.8 Å².